The van der Waals surface area contributed by atoms with Gasteiger partial charge < -0.3 is 9.47 Å². The number of carbonyl (C=O) groups excluding carboxylic acids is 2. The summed E-state index contributed by atoms with van der Waals surface area (Å²) >= 11 is 0. The number of hydrogen-bond donors (Lipinski definition) is 0. The van der Waals surface area contributed by atoms with Crippen molar-refractivity contribution in [3.05, 3.63) is 0 Å². The van der Waals surface area contributed by atoms with Crippen LogP contribution >= 0.6 is 0 Å². The molecule has 0 saturated carbocycles. The first-order valence-electron chi connectivity index (χ1n) is 7.40. The molecule has 0 aromatic heterocycles. The van der Waals surface area contributed by atoms with Crippen LogP contribution in [-0.2, 0) is 19.1 Å². The van der Waals surface area contributed by atoms with E-state index in [1.807, 2.05) is 0 Å². The van der Waals surface area contributed by atoms with Crippen LogP contribution < -0.4 is 0 Å². The number of rotatable bonds is 11. The fraction of sp³-hybridized carbons (Fsp3) is 0.867. The van der Waals surface area contributed by atoms with Crippen LogP contribution in [0.15, 0.2) is 0 Å². The molecule has 0 aliphatic rings. The van der Waals surface area contributed by atoms with E-state index in [2.05, 4.69) is 6.92 Å². The second-order valence-corrected chi connectivity index (χ2v) is 4.91. The van der Waals surface area contributed by atoms with Crippen molar-refractivity contribution in [2.24, 2.45) is 0 Å². The molecular weight excluding hydrogens is 244 g/mol. The van der Waals surface area contributed by atoms with E-state index in [0.717, 1.165) is 12.8 Å². The summed E-state index contributed by atoms with van der Waals surface area (Å²) in [6.45, 7) is 4.86. The van der Waals surface area contributed by atoms with Crippen LogP contribution in [0.1, 0.15) is 78.6 Å². The summed E-state index contributed by atoms with van der Waals surface area (Å²) in [5, 5.41) is 0. The van der Waals surface area contributed by atoms with Crippen molar-refractivity contribution in [3.8, 4) is 0 Å². The van der Waals surface area contributed by atoms with E-state index in [1.165, 1.54) is 52.4 Å². The number of hydrogen-bond acceptors (Lipinski definition) is 4. The fourth-order valence-electron chi connectivity index (χ4n) is 1.96. The molecule has 0 saturated heterocycles. The summed E-state index contributed by atoms with van der Waals surface area (Å²) in [6, 6.07) is 0. The van der Waals surface area contributed by atoms with Gasteiger partial charge in [-0.2, -0.15) is 0 Å². The van der Waals surface area contributed by atoms with Crippen molar-refractivity contribution in [2.75, 3.05) is 0 Å². The SMILES string of the molecule is CCCCCCCCCCC(OC(C)=O)OC(C)=O. The lowest BCUT2D eigenvalue weighted by molar-refractivity contribution is -0.185. The van der Waals surface area contributed by atoms with Gasteiger partial charge in [0, 0.05) is 20.3 Å². The van der Waals surface area contributed by atoms with E-state index < -0.39 is 18.2 Å². The van der Waals surface area contributed by atoms with Gasteiger partial charge in [0.2, 0.25) is 6.29 Å². The highest BCUT2D eigenvalue weighted by Gasteiger charge is 2.14. The highest BCUT2D eigenvalue weighted by atomic mass is 16.7. The Labute approximate surface area is 116 Å². The van der Waals surface area contributed by atoms with E-state index in [9.17, 15) is 9.59 Å². The van der Waals surface area contributed by atoms with Gasteiger partial charge in [-0.1, -0.05) is 51.9 Å². The molecule has 19 heavy (non-hydrogen) atoms. The maximum Gasteiger partial charge on any atom is 0.305 e. The molecule has 0 amide bonds. The van der Waals surface area contributed by atoms with Crippen molar-refractivity contribution in [2.45, 2.75) is 84.8 Å². The third kappa shape index (κ3) is 13.2. The van der Waals surface area contributed by atoms with Gasteiger partial charge in [0.1, 0.15) is 0 Å². The van der Waals surface area contributed by atoms with E-state index in [4.69, 9.17) is 9.47 Å². The summed E-state index contributed by atoms with van der Waals surface area (Å²) in [6.07, 6.45) is 9.54. The maximum atomic E-state index is 10.9. The number of unbranched alkanes of at least 4 members (excludes halogenated alkanes) is 7. The molecule has 0 radical (unpaired) electrons. The van der Waals surface area contributed by atoms with Crippen LogP contribution in [0, 0.1) is 0 Å². The standard InChI is InChI=1S/C15H28O4/c1-4-5-6-7-8-9-10-11-12-15(18-13(2)16)19-14(3)17/h15H,4-12H2,1-3H3. The van der Waals surface area contributed by atoms with Crippen LogP contribution in [-0.4, -0.2) is 18.2 Å². The lowest BCUT2D eigenvalue weighted by Crippen LogP contribution is -2.22. The Kier molecular flexibility index (Phi) is 11.3. The summed E-state index contributed by atoms with van der Waals surface area (Å²) in [7, 11) is 0. The number of ether oxygens (including phenoxy) is 2. The molecule has 0 bridgehead atoms. The first kappa shape index (κ1) is 17.9. The lowest BCUT2D eigenvalue weighted by atomic mass is 10.1. The Bertz CT molecular complexity index is 235. The molecular formula is C15H28O4. The normalized spacial score (nSPS) is 10.5. The minimum atomic E-state index is -0.713. The topological polar surface area (TPSA) is 52.6 Å². The van der Waals surface area contributed by atoms with Crippen molar-refractivity contribution in [3.63, 3.8) is 0 Å². The molecule has 0 heterocycles. The molecule has 4 nitrogen and oxygen atoms in total. The molecule has 0 aromatic carbocycles. The zero-order chi connectivity index (χ0) is 14.5. The smallest absolute Gasteiger partial charge is 0.305 e. The zero-order valence-electron chi connectivity index (χ0n) is 12.6. The number of esters is 2. The summed E-state index contributed by atoms with van der Waals surface area (Å²) < 4.78 is 9.88. The Morgan fingerprint density at radius 1 is 0.789 bits per heavy atom. The van der Waals surface area contributed by atoms with Crippen molar-refractivity contribution >= 4 is 11.9 Å². The Balaban J connectivity index is 3.57. The summed E-state index contributed by atoms with van der Waals surface area (Å²) in [5.74, 6) is -0.823. The molecule has 0 atom stereocenters. The van der Waals surface area contributed by atoms with Crippen LogP contribution in [0.25, 0.3) is 0 Å². The molecule has 4 heteroatoms. The molecule has 0 aliphatic heterocycles. The van der Waals surface area contributed by atoms with E-state index in [1.54, 1.807) is 0 Å². The predicted octanol–water partition coefficient (Wildman–Crippen LogP) is 3.97. The second kappa shape index (κ2) is 12.0. The van der Waals surface area contributed by atoms with Crippen molar-refractivity contribution in [1.29, 1.82) is 0 Å². The van der Waals surface area contributed by atoms with Gasteiger partial charge in [-0.05, 0) is 6.42 Å². The van der Waals surface area contributed by atoms with Crippen LogP contribution in [0.2, 0.25) is 0 Å². The first-order chi connectivity index (χ1) is 9.06. The monoisotopic (exact) mass is 272 g/mol. The lowest BCUT2D eigenvalue weighted by Gasteiger charge is -2.16. The van der Waals surface area contributed by atoms with Crippen LogP contribution in [0.3, 0.4) is 0 Å². The first-order valence-corrected chi connectivity index (χ1v) is 7.40. The minimum absolute atomic E-state index is 0.411. The Morgan fingerprint density at radius 2 is 1.21 bits per heavy atom. The Morgan fingerprint density at radius 3 is 1.63 bits per heavy atom. The van der Waals surface area contributed by atoms with Gasteiger partial charge in [-0.3, -0.25) is 9.59 Å². The third-order valence-corrected chi connectivity index (χ3v) is 2.89. The van der Waals surface area contributed by atoms with Crippen molar-refractivity contribution < 1.29 is 19.1 Å². The number of carbonyl (C=O) groups is 2. The third-order valence-electron chi connectivity index (χ3n) is 2.89. The van der Waals surface area contributed by atoms with Gasteiger partial charge in [0.15, 0.2) is 0 Å². The molecule has 0 rings (SSSR count). The van der Waals surface area contributed by atoms with Crippen molar-refractivity contribution in [1.82, 2.24) is 0 Å². The van der Waals surface area contributed by atoms with Gasteiger partial charge in [0.05, 0.1) is 0 Å². The fourth-order valence-corrected chi connectivity index (χ4v) is 1.96. The molecule has 0 unspecified atom stereocenters. The quantitative estimate of drug-likeness (QED) is 0.324. The maximum absolute atomic E-state index is 10.9. The van der Waals surface area contributed by atoms with Gasteiger partial charge >= 0.3 is 11.9 Å². The highest BCUT2D eigenvalue weighted by Crippen LogP contribution is 2.12. The van der Waals surface area contributed by atoms with Gasteiger partial charge in [-0.25, -0.2) is 0 Å². The second-order valence-electron chi connectivity index (χ2n) is 4.91. The van der Waals surface area contributed by atoms with Gasteiger partial charge in [-0.15, -0.1) is 0 Å². The van der Waals surface area contributed by atoms with E-state index in [-0.39, 0.29) is 0 Å². The molecule has 0 spiro atoms. The zero-order valence-corrected chi connectivity index (χ0v) is 12.6. The molecule has 112 valence electrons. The minimum Gasteiger partial charge on any atom is -0.425 e. The summed E-state index contributed by atoms with van der Waals surface area (Å²) in [4.78, 5) is 21.7. The van der Waals surface area contributed by atoms with Crippen LogP contribution in [0.5, 0.6) is 0 Å². The molecule has 0 fully saturated rings. The van der Waals surface area contributed by atoms with Gasteiger partial charge in [0.25, 0.3) is 0 Å². The molecule has 0 aromatic rings. The predicted molar refractivity (Wildman–Crippen MR) is 74.5 cm³/mol. The molecule has 0 aliphatic carbocycles. The average molecular weight is 272 g/mol. The van der Waals surface area contributed by atoms with E-state index in [0.29, 0.717) is 6.42 Å². The largest absolute Gasteiger partial charge is 0.425 e. The summed E-state index contributed by atoms with van der Waals surface area (Å²) in [5.41, 5.74) is 0. The van der Waals surface area contributed by atoms with E-state index >= 15 is 0 Å². The highest BCUT2D eigenvalue weighted by molar-refractivity contribution is 5.68. The van der Waals surface area contributed by atoms with Crippen LogP contribution in [0.4, 0.5) is 0 Å². The Hall–Kier alpha value is -1.06. The average Bonchev–Trinajstić information content (AvgIpc) is 2.30. The molecule has 0 N–H and O–H groups in total.